The second-order valence-electron chi connectivity index (χ2n) is 6.54. The highest BCUT2D eigenvalue weighted by atomic mass is 19.1. The number of benzene rings is 2. The normalized spacial score (nSPS) is 11.2. The number of aromatic amines is 2. The van der Waals surface area contributed by atoms with Crippen LogP contribution >= 0.6 is 0 Å². The van der Waals surface area contributed by atoms with Crippen molar-refractivity contribution < 1.29 is 4.39 Å². The maximum atomic E-state index is 13.8. The maximum absolute atomic E-state index is 13.8. The Kier molecular flexibility index (Phi) is 3.90. The van der Waals surface area contributed by atoms with Gasteiger partial charge in [0.1, 0.15) is 11.6 Å². The van der Waals surface area contributed by atoms with Gasteiger partial charge in [0.25, 0.3) is 0 Å². The molecule has 5 rings (SSSR count). The van der Waals surface area contributed by atoms with Crippen molar-refractivity contribution >= 4 is 39.3 Å². The molecule has 0 unspecified atom stereocenters. The molecule has 3 heterocycles. The zero-order valence-corrected chi connectivity index (χ0v) is 14.8. The van der Waals surface area contributed by atoms with E-state index in [4.69, 9.17) is 0 Å². The predicted molar refractivity (Wildman–Crippen MR) is 109 cm³/mol. The summed E-state index contributed by atoms with van der Waals surface area (Å²) in [7, 11) is 0. The van der Waals surface area contributed by atoms with Crippen LogP contribution in [-0.2, 0) is 6.54 Å². The van der Waals surface area contributed by atoms with Crippen LogP contribution in [0.3, 0.4) is 0 Å². The average Bonchev–Trinajstić information content (AvgIpc) is 3.35. The number of hydrogen-bond acceptors (Lipinski definition) is 4. The lowest BCUT2D eigenvalue weighted by Crippen LogP contribution is -2.04. The minimum Gasteiger partial charge on any atom is -0.366 e. The number of H-pyrrole nitrogens is 2. The van der Waals surface area contributed by atoms with Crippen molar-refractivity contribution in [1.82, 2.24) is 19.9 Å². The molecule has 2 aromatic carbocycles. The van der Waals surface area contributed by atoms with Crippen LogP contribution in [0, 0.1) is 5.82 Å². The maximum Gasteiger partial charge on any atom is 0.229 e. The first-order valence-corrected chi connectivity index (χ1v) is 8.91. The van der Waals surface area contributed by atoms with Crippen LogP contribution in [0.25, 0.3) is 21.8 Å². The van der Waals surface area contributed by atoms with Crippen molar-refractivity contribution in [2.75, 3.05) is 10.6 Å². The monoisotopic (exact) mass is 372 g/mol. The molecular weight excluding hydrogens is 355 g/mol. The molecular formula is C21H17FN6. The van der Waals surface area contributed by atoms with Gasteiger partial charge >= 0.3 is 0 Å². The van der Waals surface area contributed by atoms with Gasteiger partial charge in [-0.25, -0.2) is 9.37 Å². The van der Waals surface area contributed by atoms with E-state index in [0.717, 1.165) is 22.0 Å². The van der Waals surface area contributed by atoms with Gasteiger partial charge in [0.15, 0.2) is 0 Å². The Balaban J connectivity index is 1.35. The van der Waals surface area contributed by atoms with Crippen molar-refractivity contribution in [3.8, 4) is 0 Å². The number of nitrogens with one attached hydrogen (secondary N) is 4. The Morgan fingerprint density at radius 3 is 2.79 bits per heavy atom. The zero-order valence-electron chi connectivity index (χ0n) is 14.8. The quantitative estimate of drug-likeness (QED) is 0.352. The van der Waals surface area contributed by atoms with E-state index in [1.807, 2.05) is 18.3 Å². The SMILES string of the molecule is Fc1cc(Nc2nccc(NCc3ccc4[nH]ccc4c3)n2)c2cc[nH]c2c1. The highest BCUT2D eigenvalue weighted by Gasteiger charge is 2.08. The first kappa shape index (κ1) is 16.3. The number of rotatable bonds is 5. The third-order valence-corrected chi connectivity index (χ3v) is 4.63. The number of aromatic nitrogens is 4. The van der Waals surface area contributed by atoms with Crippen LogP contribution in [0.1, 0.15) is 5.56 Å². The van der Waals surface area contributed by atoms with Crippen LogP contribution < -0.4 is 10.6 Å². The summed E-state index contributed by atoms with van der Waals surface area (Å²) in [6.45, 7) is 0.638. The second-order valence-corrected chi connectivity index (χ2v) is 6.54. The smallest absolute Gasteiger partial charge is 0.229 e. The number of nitrogens with zero attached hydrogens (tertiary/aromatic N) is 2. The predicted octanol–water partition coefficient (Wildman–Crippen LogP) is 4.93. The van der Waals surface area contributed by atoms with E-state index in [9.17, 15) is 4.39 Å². The van der Waals surface area contributed by atoms with Crippen molar-refractivity contribution in [3.05, 3.63) is 78.5 Å². The Morgan fingerprint density at radius 1 is 0.929 bits per heavy atom. The van der Waals surface area contributed by atoms with Gasteiger partial charge in [-0.2, -0.15) is 4.98 Å². The van der Waals surface area contributed by atoms with E-state index in [2.05, 4.69) is 48.8 Å². The molecule has 0 fully saturated rings. The molecule has 28 heavy (non-hydrogen) atoms. The lowest BCUT2D eigenvalue weighted by atomic mass is 10.1. The molecule has 138 valence electrons. The van der Waals surface area contributed by atoms with Gasteiger partial charge in [0.2, 0.25) is 5.95 Å². The number of fused-ring (bicyclic) bond motifs is 2. The number of hydrogen-bond donors (Lipinski definition) is 4. The molecule has 3 aromatic heterocycles. The third-order valence-electron chi connectivity index (χ3n) is 4.63. The summed E-state index contributed by atoms with van der Waals surface area (Å²) in [6, 6.07) is 14.9. The van der Waals surface area contributed by atoms with E-state index in [0.29, 0.717) is 24.0 Å². The summed E-state index contributed by atoms with van der Waals surface area (Å²) in [5, 5.41) is 8.46. The zero-order chi connectivity index (χ0) is 18.9. The molecule has 0 atom stereocenters. The van der Waals surface area contributed by atoms with E-state index >= 15 is 0 Å². The molecule has 0 saturated carbocycles. The molecule has 4 N–H and O–H groups in total. The van der Waals surface area contributed by atoms with E-state index < -0.39 is 0 Å². The summed E-state index contributed by atoms with van der Waals surface area (Å²) in [5.41, 5.74) is 3.60. The molecule has 0 aliphatic carbocycles. The van der Waals surface area contributed by atoms with Gasteiger partial charge < -0.3 is 20.6 Å². The van der Waals surface area contributed by atoms with Gasteiger partial charge in [0.05, 0.1) is 11.2 Å². The Hall–Kier alpha value is -3.87. The van der Waals surface area contributed by atoms with E-state index in [1.54, 1.807) is 18.5 Å². The summed E-state index contributed by atoms with van der Waals surface area (Å²) >= 11 is 0. The Bertz CT molecular complexity index is 1270. The number of halogens is 1. The van der Waals surface area contributed by atoms with Crippen LogP contribution in [-0.4, -0.2) is 19.9 Å². The molecule has 0 radical (unpaired) electrons. The summed E-state index contributed by atoms with van der Waals surface area (Å²) in [5.74, 6) is 0.763. The molecule has 0 saturated heterocycles. The van der Waals surface area contributed by atoms with Gasteiger partial charge in [-0.1, -0.05) is 6.07 Å². The van der Waals surface area contributed by atoms with Crippen molar-refractivity contribution in [2.45, 2.75) is 6.54 Å². The minimum atomic E-state index is -0.327. The third kappa shape index (κ3) is 3.14. The van der Waals surface area contributed by atoms with Gasteiger partial charge in [0, 0.05) is 36.0 Å². The molecule has 0 aliphatic rings. The summed E-state index contributed by atoms with van der Waals surface area (Å²) < 4.78 is 13.8. The molecule has 0 bridgehead atoms. The summed E-state index contributed by atoms with van der Waals surface area (Å²) in [6.07, 6.45) is 5.37. The molecule has 0 aliphatic heterocycles. The largest absolute Gasteiger partial charge is 0.366 e. The first-order valence-electron chi connectivity index (χ1n) is 8.91. The van der Waals surface area contributed by atoms with Crippen molar-refractivity contribution in [1.29, 1.82) is 0 Å². The van der Waals surface area contributed by atoms with Crippen LogP contribution in [0.15, 0.2) is 67.1 Å². The summed E-state index contributed by atoms with van der Waals surface area (Å²) in [4.78, 5) is 14.9. The fourth-order valence-corrected chi connectivity index (χ4v) is 3.28. The fraction of sp³-hybridized carbons (Fsp3) is 0.0476. The highest BCUT2D eigenvalue weighted by molar-refractivity contribution is 5.93. The van der Waals surface area contributed by atoms with Crippen LogP contribution in [0.5, 0.6) is 0 Å². The lowest BCUT2D eigenvalue weighted by molar-refractivity contribution is 0.630. The lowest BCUT2D eigenvalue weighted by Gasteiger charge is -2.10. The average molecular weight is 372 g/mol. The molecule has 0 spiro atoms. The Labute approximate surface area is 159 Å². The van der Waals surface area contributed by atoms with Crippen molar-refractivity contribution in [2.24, 2.45) is 0 Å². The molecule has 0 amide bonds. The van der Waals surface area contributed by atoms with Crippen LogP contribution in [0.2, 0.25) is 0 Å². The van der Waals surface area contributed by atoms with E-state index in [1.165, 1.54) is 17.5 Å². The topological polar surface area (TPSA) is 81.4 Å². The van der Waals surface area contributed by atoms with Gasteiger partial charge in [-0.05, 0) is 53.4 Å². The number of anilines is 3. The fourth-order valence-electron chi connectivity index (χ4n) is 3.28. The Morgan fingerprint density at radius 2 is 1.82 bits per heavy atom. The molecule has 7 heteroatoms. The molecule has 6 nitrogen and oxygen atoms in total. The highest BCUT2D eigenvalue weighted by Crippen LogP contribution is 2.26. The standard InChI is InChI=1S/C21H17FN6/c22-15-10-18-16(4-7-24-18)19(11-15)27-21-25-8-5-20(28-21)26-12-13-1-2-17-14(9-13)3-6-23-17/h1-11,23-24H,12H2,(H2,25,26,27,28). The van der Waals surface area contributed by atoms with Crippen molar-refractivity contribution in [3.63, 3.8) is 0 Å². The first-order chi connectivity index (χ1) is 13.7. The second kappa shape index (κ2) is 6.70. The van der Waals surface area contributed by atoms with Gasteiger partial charge in [-0.15, -0.1) is 0 Å². The minimum absolute atomic E-state index is 0.327. The molecule has 5 aromatic rings. The van der Waals surface area contributed by atoms with Crippen LogP contribution in [0.4, 0.5) is 21.8 Å². The van der Waals surface area contributed by atoms with Gasteiger partial charge in [-0.3, -0.25) is 0 Å². The van der Waals surface area contributed by atoms with E-state index in [-0.39, 0.29) is 5.82 Å².